The molecular formula is C12H15NO. The Balaban J connectivity index is 2.23. The van der Waals surface area contributed by atoms with Gasteiger partial charge in [0.05, 0.1) is 0 Å². The molecule has 0 amide bonds. The molecule has 2 N–H and O–H groups in total. The van der Waals surface area contributed by atoms with Gasteiger partial charge in [-0.3, -0.25) is 0 Å². The average molecular weight is 189 g/mol. The van der Waals surface area contributed by atoms with E-state index in [1.165, 1.54) is 5.56 Å². The third-order valence-electron chi connectivity index (χ3n) is 1.87. The summed E-state index contributed by atoms with van der Waals surface area (Å²) < 4.78 is 0. The molecule has 0 aromatic heterocycles. The predicted molar refractivity (Wildman–Crippen MR) is 57.9 cm³/mol. The van der Waals surface area contributed by atoms with Crippen molar-refractivity contribution in [3.63, 3.8) is 0 Å². The number of phenolic OH excluding ortho intramolecular Hbond substituents is 1. The van der Waals surface area contributed by atoms with Crippen LogP contribution in [0.3, 0.4) is 0 Å². The molecule has 14 heavy (non-hydrogen) atoms. The zero-order chi connectivity index (χ0) is 10.2. The van der Waals surface area contributed by atoms with E-state index in [0.717, 1.165) is 19.5 Å². The summed E-state index contributed by atoms with van der Waals surface area (Å²) in [5, 5.41) is 12.3. The Kier molecular flexibility index (Phi) is 4.60. The number of hydrogen-bond acceptors (Lipinski definition) is 2. The maximum absolute atomic E-state index is 9.06. The van der Waals surface area contributed by atoms with Crippen LogP contribution in [0.2, 0.25) is 0 Å². The van der Waals surface area contributed by atoms with E-state index in [1.54, 1.807) is 12.1 Å². The molecule has 0 radical (unpaired) electrons. The second kappa shape index (κ2) is 6.06. The minimum absolute atomic E-state index is 0.311. The van der Waals surface area contributed by atoms with E-state index in [1.807, 2.05) is 19.1 Å². The van der Waals surface area contributed by atoms with Gasteiger partial charge in [0.15, 0.2) is 0 Å². The van der Waals surface area contributed by atoms with Crippen LogP contribution in [-0.2, 0) is 6.54 Å². The minimum Gasteiger partial charge on any atom is -0.508 e. The van der Waals surface area contributed by atoms with Crippen molar-refractivity contribution in [3.8, 4) is 17.6 Å². The summed E-state index contributed by atoms with van der Waals surface area (Å²) in [4.78, 5) is 0. The molecule has 1 aromatic carbocycles. The Labute approximate surface area is 85.0 Å². The molecule has 0 aliphatic carbocycles. The zero-order valence-electron chi connectivity index (χ0n) is 8.38. The van der Waals surface area contributed by atoms with Crippen molar-refractivity contribution in [1.29, 1.82) is 0 Å². The van der Waals surface area contributed by atoms with Crippen LogP contribution in [0.1, 0.15) is 18.9 Å². The molecule has 0 saturated heterocycles. The lowest BCUT2D eigenvalue weighted by Gasteiger charge is -2.02. The van der Waals surface area contributed by atoms with E-state index >= 15 is 0 Å². The molecule has 1 rings (SSSR count). The molecule has 0 fully saturated rings. The van der Waals surface area contributed by atoms with Crippen molar-refractivity contribution in [2.45, 2.75) is 19.9 Å². The minimum atomic E-state index is 0.311. The molecule has 2 heteroatoms. The van der Waals surface area contributed by atoms with Gasteiger partial charge in [0, 0.05) is 19.5 Å². The van der Waals surface area contributed by atoms with E-state index in [4.69, 9.17) is 5.11 Å². The van der Waals surface area contributed by atoms with Gasteiger partial charge in [-0.25, -0.2) is 0 Å². The maximum atomic E-state index is 9.06. The molecular weight excluding hydrogens is 174 g/mol. The first-order valence-corrected chi connectivity index (χ1v) is 4.71. The SMILES string of the molecule is CC#CCCNCc1ccc(O)cc1. The fourth-order valence-corrected chi connectivity index (χ4v) is 1.12. The first-order chi connectivity index (χ1) is 6.83. The topological polar surface area (TPSA) is 32.3 Å². The van der Waals surface area contributed by atoms with Crippen LogP contribution in [0.15, 0.2) is 24.3 Å². The summed E-state index contributed by atoms with van der Waals surface area (Å²) in [6, 6.07) is 7.22. The van der Waals surface area contributed by atoms with Gasteiger partial charge in [-0.05, 0) is 24.6 Å². The molecule has 0 aliphatic heterocycles. The van der Waals surface area contributed by atoms with Gasteiger partial charge in [0.25, 0.3) is 0 Å². The molecule has 0 spiro atoms. The fourth-order valence-electron chi connectivity index (χ4n) is 1.12. The van der Waals surface area contributed by atoms with Crippen LogP contribution in [0.5, 0.6) is 5.75 Å². The van der Waals surface area contributed by atoms with Crippen LogP contribution in [0, 0.1) is 11.8 Å². The lowest BCUT2D eigenvalue weighted by molar-refractivity contribution is 0.475. The van der Waals surface area contributed by atoms with E-state index in [9.17, 15) is 0 Å². The second-order valence-corrected chi connectivity index (χ2v) is 3.02. The first kappa shape index (κ1) is 10.6. The van der Waals surface area contributed by atoms with Gasteiger partial charge in [-0.2, -0.15) is 0 Å². The number of hydrogen-bond donors (Lipinski definition) is 2. The number of nitrogens with one attached hydrogen (secondary N) is 1. The third kappa shape index (κ3) is 3.97. The Bertz CT molecular complexity index is 318. The summed E-state index contributed by atoms with van der Waals surface area (Å²) >= 11 is 0. The molecule has 0 atom stereocenters. The Morgan fingerprint density at radius 1 is 1.29 bits per heavy atom. The number of phenols is 1. The van der Waals surface area contributed by atoms with Crippen molar-refractivity contribution >= 4 is 0 Å². The largest absolute Gasteiger partial charge is 0.508 e. The highest BCUT2D eigenvalue weighted by atomic mass is 16.3. The quantitative estimate of drug-likeness (QED) is 0.560. The van der Waals surface area contributed by atoms with Crippen LogP contribution in [0.25, 0.3) is 0 Å². The summed E-state index contributed by atoms with van der Waals surface area (Å²) in [6.07, 6.45) is 0.884. The fraction of sp³-hybridized carbons (Fsp3) is 0.333. The smallest absolute Gasteiger partial charge is 0.115 e. The maximum Gasteiger partial charge on any atom is 0.115 e. The standard InChI is InChI=1S/C12H15NO/c1-2-3-4-9-13-10-11-5-7-12(14)8-6-11/h5-8,13-14H,4,9-10H2,1H3. The van der Waals surface area contributed by atoms with E-state index in [2.05, 4.69) is 17.2 Å². The van der Waals surface area contributed by atoms with Crippen molar-refractivity contribution < 1.29 is 5.11 Å². The van der Waals surface area contributed by atoms with E-state index in [-0.39, 0.29) is 0 Å². The lowest BCUT2D eigenvalue weighted by Crippen LogP contribution is -2.13. The number of benzene rings is 1. The van der Waals surface area contributed by atoms with Gasteiger partial charge >= 0.3 is 0 Å². The Morgan fingerprint density at radius 3 is 2.64 bits per heavy atom. The Morgan fingerprint density at radius 2 is 2.00 bits per heavy atom. The van der Waals surface area contributed by atoms with Gasteiger partial charge in [-0.1, -0.05) is 12.1 Å². The summed E-state index contributed by atoms with van der Waals surface area (Å²) in [7, 11) is 0. The Hall–Kier alpha value is -1.46. The highest BCUT2D eigenvalue weighted by Gasteiger charge is 1.91. The summed E-state index contributed by atoms with van der Waals surface area (Å²) in [5.74, 6) is 6.15. The van der Waals surface area contributed by atoms with Crippen molar-refractivity contribution in [2.24, 2.45) is 0 Å². The molecule has 0 bridgehead atoms. The zero-order valence-corrected chi connectivity index (χ0v) is 8.38. The van der Waals surface area contributed by atoms with Crippen LogP contribution in [-0.4, -0.2) is 11.7 Å². The van der Waals surface area contributed by atoms with E-state index < -0.39 is 0 Å². The highest BCUT2D eigenvalue weighted by Crippen LogP contribution is 2.08. The van der Waals surface area contributed by atoms with Crippen molar-refractivity contribution in [1.82, 2.24) is 5.32 Å². The monoisotopic (exact) mass is 189 g/mol. The van der Waals surface area contributed by atoms with Gasteiger partial charge < -0.3 is 10.4 Å². The van der Waals surface area contributed by atoms with Crippen LogP contribution in [0.4, 0.5) is 0 Å². The molecule has 0 saturated carbocycles. The molecule has 74 valence electrons. The average Bonchev–Trinajstić information content (AvgIpc) is 2.21. The van der Waals surface area contributed by atoms with Crippen molar-refractivity contribution in [3.05, 3.63) is 29.8 Å². The second-order valence-electron chi connectivity index (χ2n) is 3.02. The molecule has 0 unspecified atom stereocenters. The van der Waals surface area contributed by atoms with Gasteiger partial charge in [-0.15, -0.1) is 11.8 Å². The third-order valence-corrected chi connectivity index (χ3v) is 1.87. The lowest BCUT2D eigenvalue weighted by atomic mass is 10.2. The van der Waals surface area contributed by atoms with Crippen LogP contribution < -0.4 is 5.32 Å². The molecule has 0 heterocycles. The number of aromatic hydroxyl groups is 1. The van der Waals surface area contributed by atoms with Gasteiger partial charge in [0.1, 0.15) is 5.75 Å². The summed E-state index contributed by atoms with van der Waals surface area (Å²) in [6.45, 7) is 3.58. The number of rotatable bonds is 4. The summed E-state index contributed by atoms with van der Waals surface area (Å²) in [5.41, 5.74) is 1.17. The predicted octanol–water partition coefficient (Wildman–Crippen LogP) is 1.90. The molecule has 0 aliphatic rings. The molecule has 2 nitrogen and oxygen atoms in total. The van der Waals surface area contributed by atoms with Gasteiger partial charge in [0.2, 0.25) is 0 Å². The highest BCUT2D eigenvalue weighted by molar-refractivity contribution is 5.25. The molecule has 1 aromatic rings. The normalized spacial score (nSPS) is 9.21. The first-order valence-electron chi connectivity index (χ1n) is 4.71. The van der Waals surface area contributed by atoms with E-state index in [0.29, 0.717) is 5.75 Å². The van der Waals surface area contributed by atoms with Crippen LogP contribution >= 0.6 is 0 Å². The van der Waals surface area contributed by atoms with Crippen molar-refractivity contribution in [2.75, 3.05) is 6.54 Å².